The Morgan fingerprint density at radius 2 is 2.07 bits per heavy atom. The number of piperidine rings is 1. The van der Waals surface area contributed by atoms with Crippen LogP contribution in [0.1, 0.15) is 32.6 Å². The third-order valence-corrected chi connectivity index (χ3v) is 7.84. The minimum atomic E-state index is -3.56. The smallest absolute Gasteiger partial charge is 0.252 e. The van der Waals surface area contributed by atoms with Crippen LogP contribution in [0, 0.1) is 0 Å². The summed E-state index contributed by atoms with van der Waals surface area (Å²) in [6, 6.07) is 10.3. The molecule has 27 heavy (non-hydrogen) atoms. The van der Waals surface area contributed by atoms with Gasteiger partial charge in [0.05, 0.1) is 12.3 Å². The van der Waals surface area contributed by atoms with E-state index in [-0.39, 0.29) is 18.4 Å². The summed E-state index contributed by atoms with van der Waals surface area (Å²) in [4.78, 5) is 12.6. The van der Waals surface area contributed by atoms with Crippen molar-refractivity contribution < 1.29 is 17.9 Å². The van der Waals surface area contributed by atoms with Crippen molar-refractivity contribution in [1.82, 2.24) is 4.31 Å². The number of ether oxygens (including phenoxy) is 1. The third-order valence-electron chi connectivity index (χ3n) is 4.51. The molecule has 1 atom stereocenters. The zero-order chi connectivity index (χ0) is 19.3. The van der Waals surface area contributed by atoms with Crippen LogP contribution in [-0.2, 0) is 14.8 Å². The Morgan fingerprint density at radius 1 is 1.26 bits per heavy atom. The number of hydrogen-bond donors (Lipinski definition) is 1. The monoisotopic (exact) mass is 408 g/mol. The SMILES string of the molecule is CCOc1ccccc1NC(=O)C[C@@H]1CCCCN1S(=O)(=O)c1cccs1. The fourth-order valence-electron chi connectivity index (χ4n) is 3.29. The predicted octanol–water partition coefficient (Wildman–Crippen LogP) is 3.72. The standard InChI is InChI=1S/C19H24N2O4S2/c1-2-25-17-10-4-3-9-16(17)20-18(22)14-15-8-5-6-12-21(15)27(23,24)19-11-7-13-26-19/h3-4,7,9-11,13,15H,2,5-6,8,12,14H2,1H3,(H,20,22)/t15-/m0/s1. The summed E-state index contributed by atoms with van der Waals surface area (Å²) in [5, 5.41) is 4.62. The maximum absolute atomic E-state index is 12.9. The lowest BCUT2D eigenvalue weighted by Crippen LogP contribution is -2.45. The molecular formula is C19H24N2O4S2. The normalized spacial score (nSPS) is 18.2. The maximum atomic E-state index is 12.9. The quantitative estimate of drug-likeness (QED) is 0.758. The van der Waals surface area contributed by atoms with Gasteiger partial charge in [-0.15, -0.1) is 11.3 Å². The lowest BCUT2D eigenvalue weighted by Gasteiger charge is -2.34. The molecule has 0 bridgehead atoms. The number of sulfonamides is 1. The number of anilines is 1. The van der Waals surface area contributed by atoms with E-state index in [1.165, 1.54) is 15.6 Å². The van der Waals surface area contributed by atoms with Gasteiger partial charge in [0.1, 0.15) is 9.96 Å². The number of carbonyl (C=O) groups is 1. The predicted molar refractivity (Wildman–Crippen MR) is 107 cm³/mol. The van der Waals surface area contributed by atoms with Gasteiger partial charge in [0.2, 0.25) is 5.91 Å². The number of nitrogens with zero attached hydrogens (tertiary/aromatic N) is 1. The lowest BCUT2D eigenvalue weighted by molar-refractivity contribution is -0.117. The molecule has 0 aliphatic carbocycles. The molecule has 2 heterocycles. The molecule has 0 saturated carbocycles. The molecule has 0 unspecified atom stereocenters. The van der Waals surface area contributed by atoms with Gasteiger partial charge in [-0.05, 0) is 43.3 Å². The number of rotatable bonds is 7. The number of amides is 1. The van der Waals surface area contributed by atoms with Crippen LogP contribution in [0.5, 0.6) is 5.75 Å². The first kappa shape index (κ1) is 19.9. The molecule has 1 aliphatic heterocycles. The van der Waals surface area contributed by atoms with Gasteiger partial charge in [-0.25, -0.2) is 8.42 Å². The fraction of sp³-hybridized carbons (Fsp3) is 0.421. The van der Waals surface area contributed by atoms with Crippen molar-refractivity contribution >= 4 is 33.0 Å². The van der Waals surface area contributed by atoms with Gasteiger partial charge in [-0.1, -0.05) is 24.6 Å². The fourth-order valence-corrected chi connectivity index (χ4v) is 6.10. The van der Waals surface area contributed by atoms with Crippen LogP contribution in [0.4, 0.5) is 5.69 Å². The number of carbonyl (C=O) groups excluding carboxylic acids is 1. The number of thiophene rings is 1. The van der Waals surface area contributed by atoms with Gasteiger partial charge in [0, 0.05) is 19.0 Å². The van der Waals surface area contributed by atoms with Gasteiger partial charge >= 0.3 is 0 Å². The zero-order valence-electron chi connectivity index (χ0n) is 15.3. The molecule has 146 valence electrons. The second-order valence-electron chi connectivity index (χ2n) is 6.38. The van der Waals surface area contributed by atoms with Crippen LogP contribution in [-0.4, -0.2) is 37.8 Å². The van der Waals surface area contributed by atoms with Crippen molar-refractivity contribution in [2.45, 2.75) is 42.9 Å². The summed E-state index contributed by atoms with van der Waals surface area (Å²) in [7, 11) is -3.56. The van der Waals surface area contributed by atoms with Crippen LogP contribution in [0.2, 0.25) is 0 Å². The van der Waals surface area contributed by atoms with E-state index < -0.39 is 10.0 Å². The molecule has 1 aromatic carbocycles. The summed E-state index contributed by atoms with van der Waals surface area (Å²) in [6.45, 7) is 2.84. The Balaban J connectivity index is 1.72. The van der Waals surface area contributed by atoms with Gasteiger partial charge in [0.25, 0.3) is 10.0 Å². The minimum absolute atomic E-state index is 0.130. The first-order valence-electron chi connectivity index (χ1n) is 9.09. The molecule has 1 fully saturated rings. The van der Waals surface area contributed by atoms with Crippen LogP contribution in [0.3, 0.4) is 0 Å². The first-order chi connectivity index (χ1) is 13.0. The van der Waals surface area contributed by atoms with Crippen molar-refractivity contribution in [2.75, 3.05) is 18.5 Å². The Hall–Kier alpha value is -1.90. The molecule has 0 radical (unpaired) electrons. The number of nitrogens with one attached hydrogen (secondary N) is 1. The average molecular weight is 409 g/mol. The van der Waals surface area contributed by atoms with Crippen molar-refractivity contribution in [3.8, 4) is 5.75 Å². The van der Waals surface area contributed by atoms with Gasteiger partial charge in [0.15, 0.2) is 0 Å². The highest BCUT2D eigenvalue weighted by Gasteiger charge is 2.35. The van der Waals surface area contributed by atoms with Gasteiger partial charge < -0.3 is 10.1 Å². The van der Waals surface area contributed by atoms with Crippen LogP contribution in [0.15, 0.2) is 46.0 Å². The van der Waals surface area contributed by atoms with Crippen LogP contribution >= 0.6 is 11.3 Å². The molecule has 1 N–H and O–H groups in total. The molecule has 8 heteroatoms. The van der Waals surface area contributed by atoms with E-state index in [2.05, 4.69) is 5.32 Å². The Kier molecular flexibility index (Phi) is 6.51. The second kappa shape index (κ2) is 8.86. The Morgan fingerprint density at radius 3 is 2.81 bits per heavy atom. The average Bonchev–Trinajstić information content (AvgIpc) is 3.19. The summed E-state index contributed by atoms with van der Waals surface area (Å²) in [5.41, 5.74) is 0.604. The van der Waals surface area contributed by atoms with E-state index in [1.54, 1.807) is 29.6 Å². The highest BCUT2D eigenvalue weighted by Crippen LogP contribution is 2.30. The number of benzene rings is 1. The summed E-state index contributed by atoms with van der Waals surface area (Å²) < 4.78 is 33.2. The lowest BCUT2D eigenvalue weighted by atomic mass is 10.0. The second-order valence-corrected chi connectivity index (χ2v) is 9.44. The third kappa shape index (κ3) is 4.69. The molecule has 0 spiro atoms. The van der Waals surface area contributed by atoms with E-state index in [1.807, 2.05) is 19.1 Å². The zero-order valence-corrected chi connectivity index (χ0v) is 16.9. The molecule has 1 amide bonds. The molecular weight excluding hydrogens is 384 g/mol. The largest absolute Gasteiger partial charge is 0.492 e. The van der Waals surface area contributed by atoms with Crippen molar-refractivity contribution in [3.05, 3.63) is 41.8 Å². The Bertz CT molecular complexity index is 866. The molecule has 1 aliphatic rings. The summed E-state index contributed by atoms with van der Waals surface area (Å²) in [5.74, 6) is 0.403. The molecule has 6 nitrogen and oxygen atoms in total. The van der Waals surface area contributed by atoms with E-state index in [0.717, 1.165) is 12.8 Å². The number of hydrogen-bond acceptors (Lipinski definition) is 5. The maximum Gasteiger partial charge on any atom is 0.252 e. The van der Waals surface area contributed by atoms with Crippen molar-refractivity contribution in [3.63, 3.8) is 0 Å². The van der Waals surface area contributed by atoms with Crippen molar-refractivity contribution in [2.24, 2.45) is 0 Å². The van der Waals surface area contributed by atoms with Gasteiger partial charge in [-0.2, -0.15) is 4.31 Å². The first-order valence-corrected chi connectivity index (χ1v) is 11.4. The van der Waals surface area contributed by atoms with E-state index in [9.17, 15) is 13.2 Å². The highest BCUT2D eigenvalue weighted by atomic mass is 32.2. The van der Waals surface area contributed by atoms with E-state index >= 15 is 0 Å². The molecule has 1 aromatic heterocycles. The number of para-hydroxylation sites is 2. The molecule has 2 aromatic rings. The van der Waals surface area contributed by atoms with Gasteiger partial charge in [-0.3, -0.25) is 4.79 Å². The highest BCUT2D eigenvalue weighted by molar-refractivity contribution is 7.91. The summed E-state index contributed by atoms with van der Waals surface area (Å²) in [6.07, 6.45) is 2.55. The van der Waals surface area contributed by atoms with Crippen LogP contribution in [0.25, 0.3) is 0 Å². The van der Waals surface area contributed by atoms with Crippen LogP contribution < -0.4 is 10.1 Å². The van der Waals surface area contributed by atoms with E-state index in [0.29, 0.717) is 35.2 Å². The van der Waals surface area contributed by atoms with E-state index in [4.69, 9.17) is 4.74 Å². The Labute approximate surface area is 164 Å². The summed E-state index contributed by atoms with van der Waals surface area (Å²) >= 11 is 1.21. The molecule has 1 saturated heterocycles. The van der Waals surface area contributed by atoms with Crippen molar-refractivity contribution in [1.29, 1.82) is 0 Å². The minimum Gasteiger partial charge on any atom is -0.492 e. The molecule has 3 rings (SSSR count). The topological polar surface area (TPSA) is 75.7 Å².